The molecule has 0 spiro atoms. The Balaban J connectivity index is 2.02. The topological polar surface area (TPSA) is 70.2 Å². The van der Waals surface area contributed by atoms with Crippen molar-refractivity contribution < 1.29 is 40.4 Å². The van der Waals surface area contributed by atoms with Crippen LogP contribution >= 0.6 is 11.6 Å². The van der Waals surface area contributed by atoms with Gasteiger partial charge in [-0.15, -0.1) is 0 Å². The number of rotatable bonds is 4. The smallest absolute Gasteiger partial charge is 0.434 e. The van der Waals surface area contributed by atoms with E-state index in [4.69, 9.17) is 16.1 Å². The van der Waals surface area contributed by atoms with Crippen molar-refractivity contribution in [3.05, 3.63) is 76.3 Å². The van der Waals surface area contributed by atoms with Gasteiger partial charge >= 0.3 is 12.1 Å². The minimum absolute atomic E-state index is 0.202. The zero-order valence-electron chi connectivity index (χ0n) is 16.8. The van der Waals surface area contributed by atoms with E-state index in [1.165, 1.54) is 12.1 Å². The summed E-state index contributed by atoms with van der Waals surface area (Å²) in [5, 5.41) is 6.94. The number of carbonyl (C=O) groups is 1. The summed E-state index contributed by atoms with van der Waals surface area (Å²) in [4.78, 5) is 12.5. The molecule has 34 heavy (non-hydrogen) atoms. The van der Waals surface area contributed by atoms with Gasteiger partial charge in [-0.05, 0) is 24.3 Å². The molecule has 4 rings (SSSR count). The van der Waals surface area contributed by atoms with E-state index in [0.717, 1.165) is 13.2 Å². The van der Waals surface area contributed by atoms with Crippen LogP contribution in [0.5, 0.6) is 0 Å². The normalized spacial score (nSPS) is 11.6. The summed E-state index contributed by atoms with van der Waals surface area (Å²) < 4.78 is 93.9. The Morgan fingerprint density at radius 1 is 1.12 bits per heavy atom. The van der Waals surface area contributed by atoms with Crippen LogP contribution in [0.2, 0.25) is 5.02 Å². The Kier molecular flexibility index (Phi) is 5.86. The van der Waals surface area contributed by atoms with Crippen molar-refractivity contribution in [2.24, 2.45) is 0 Å². The molecule has 0 aliphatic rings. The van der Waals surface area contributed by atoms with E-state index < -0.39 is 69.1 Å². The fourth-order valence-electron chi connectivity index (χ4n) is 3.30. The highest BCUT2D eigenvalue weighted by Gasteiger charge is 2.42. The van der Waals surface area contributed by atoms with Gasteiger partial charge in [0.1, 0.15) is 28.7 Å². The molecule has 13 heteroatoms. The Labute approximate surface area is 191 Å². The second kappa shape index (κ2) is 8.52. The molecule has 0 atom stereocenters. The third kappa shape index (κ3) is 4.00. The predicted molar refractivity (Wildman–Crippen MR) is 106 cm³/mol. The third-order valence-electron chi connectivity index (χ3n) is 4.66. The minimum atomic E-state index is -5.15. The van der Waals surface area contributed by atoms with E-state index >= 15 is 0 Å². The van der Waals surface area contributed by atoms with Crippen LogP contribution < -0.4 is 0 Å². The fourth-order valence-corrected chi connectivity index (χ4v) is 3.56. The third-order valence-corrected chi connectivity index (χ3v) is 4.97. The van der Waals surface area contributed by atoms with E-state index in [9.17, 15) is 31.1 Å². The number of ether oxygens (including phenoxy) is 1. The minimum Gasteiger partial charge on any atom is -0.465 e. The molecule has 0 fully saturated rings. The lowest BCUT2D eigenvalue weighted by molar-refractivity contribution is -0.142. The first-order chi connectivity index (χ1) is 16.0. The van der Waals surface area contributed by atoms with Gasteiger partial charge in [0.15, 0.2) is 11.5 Å². The average molecular weight is 502 g/mol. The molecule has 0 N–H and O–H groups in total. The van der Waals surface area contributed by atoms with Crippen LogP contribution in [0.4, 0.5) is 26.3 Å². The standard InChI is InChI=1S/C21H10ClF6N3O3/c1-33-20(32)16-17(15-13(22)3-2-4-14(15)25)30-34-18(16)12-8-29-31(19(12)21(26,27)28)11-6-9(23)5-10(24)7-11/h2-8H,1H3. The summed E-state index contributed by atoms with van der Waals surface area (Å²) >= 11 is 6.02. The van der Waals surface area contributed by atoms with Crippen molar-refractivity contribution >= 4 is 17.6 Å². The SMILES string of the molecule is COC(=O)c1c(-c2c(F)cccc2Cl)noc1-c1cnn(-c2cc(F)cc(F)c2)c1C(F)(F)F. The first-order valence-electron chi connectivity index (χ1n) is 9.17. The highest BCUT2D eigenvalue weighted by molar-refractivity contribution is 6.33. The molecule has 0 amide bonds. The number of alkyl halides is 3. The molecule has 6 nitrogen and oxygen atoms in total. The van der Waals surface area contributed by atoms with Crippen LogP contribution in [-0.4, -0.2) is 28.0 Å². The zero-order chi connectivity index (χ0) is 24.8. The Hall–Kier alpha value is -3.80. The molecule has 0 aliphatic heterocycles. The summed E-state index contributed by atoms with van der Waals surface area (Å²) in [7, 11) is 0.940. The summed E-state index contributed by atoms with van der Waals surface area (Å²) in [6.45, 7) is 0. The first-order valence-corrected chi connectivity index (χ1v) is 9.55. The number of hydrogen-bond acceptors (Lipinski definition) is 5. The van der Waals surface area contributed by atoms with Crippen LogP contribution in [0.15, 0.2) is 47.1 Å². The van der Waals surface area contributed by atoms with Crippen LogP contribution in [0.3, 0.4) is 0 Å². The number of aromatic nitrogens is 3. The van der Waals surface area contributed by atoms with Crippen molar-refractivity contribution in [1.29, 1.82) is 0 Å². The monoisotopic (exact) mass is 501 g/mol. The number of methoxy groups -OCH3 is 1. The van der Waals surface area contributed by atoms with Gasteiger partial charge < -0.3 is 9.26 Å². The highest BCUT2D eigenvalue weighted by Crippen LogP contribution is 2.43. The maximum atomic E-state index is 14.5. The molecular weight excluding hydrogens is 492 g/mol. The lowest BCUT2D eigenvalue weighted by atomic mass is 10.0. The number of halogens is 7. The molecule has 0 saturated carbocycles. The molecule has 4 aromatic rings. The predicted octanol–water partition coefficient (Wildman–Crippen LogP) is 6.07. The lowest BCUT2D eigenvalue weighted by Crippen LogP contribution is -2.15. The van der Waals surface area contributed by atoms with Gasteiger partial charge in [0, 0.05) is 6.07 Å². The second-order valence-electron chi connectivity index (χ2n) is 6.77. The van der Waals surface area contributed by atoms with Gasteiger partial charge in [-0.1, -0.05) is 22.8 Å². The van der Waals surface area contributed by atoms with E-state index in [0.29, 0.717) is 24.4 Å². The van der Waals surface area contributed by atoms with Crippen LogP contribution in [0.25, 0.3) is 28.3 Å². The molecule has 0 saturated heterocycles. The van der Waals surface area contributed by atoms with Crippen molar-refractivity contribution in [3.63, 3.8) is 0 Å². The summed E-state index contributed by atoms with van der Waals surface area (Å²) in [6.07, 6.45) is -4.49. The van der Waals surface area contributed by atoms with Gasteiger partial charge in [-0.2, -0.15) is 18.3 Å². The maximum Gasteiger partial charge on any atom is 0.434 e. The van der Waals surface area contributed by atoms with Crippen LogP contribution in [-0.2, 0) is 10.9 Å². The highest BCUT2D eigenvalue weighted by atomic mass is 35.5. The molecule has 0 bridgehead atoms. The molecule has 2 aromatic carbocycles. The van der Waals surface area contributed by atoms with E-state index in [1.807, 2.05) is 0 Å². The maximum absolute atomic E-state index is 14.5. The Morgan fingerprint density at radius 2 is 1.79 bits per heavy atom. The molecule has 176 valence electrons. The number of carbonyl (C=O) groups excluding carboxylic acids is 1. The van der Waals surface area contributed by atoms with Crippen molar-refractivity contribution in [2.45, 2.75) is 6.18 Å². The molecule has 0 aliphatic carbocycles. The van der Waals surface area contributed by atoms with E-state index in [1.54, 1.807) is 0 Å². The van der Waals surface area contributed by atoms with Gasteiger partial charge in [0.2, 0.25) is 0 Å². The van der Waals surface area contributed by atoms with E-state index in [2.05, 4.69) is 15.0 Å². The van der Waals surface area contributed by atoms with Crippen LogP contribution in [0.1, 0.15) is 16.1 Å². The quantitative estimate of drug-likeness (QED) is 0.251. The number of benzene rings is 2. The van der Waals surface area contributed by atoms with Crippen molar-refractivity contribution in [1.82, 2.24) is 14.9 Å². The number of hydrogen-bond donors (Lipinski definition) is 0. The van der Waals surface area contributed by atoms with Crippen molar-refractivity contribution in [3.8, 4) is 28.3 Å². The van der Waals surface area contributed by atoms with Gasteiger partial charge in [-0.3, -0.25) is 0 Å². The summed E-state index contributed by atoms with van der Waals surface area (Å²) in [5.74, 6) is -5.20. The van der Waals surface area contributed by atoms with E-state index in [-0.39, 0.29) is 9.70 Å². The lowest BCUT2D eigenvalue weighted by Gasteiger charge is -2.12. The Bertz CT molecular complexity index is 1370. The first kappa shape index (κ1) is 23.4. The molecule has 0 unspecified atom stereocenters. The molecule has 0 radical (unpaired) electrons. The molecular formula is C21H10ClF6N3O3. The van der Waals surface area contributed by atoms with Crippen molar-refractivity contribution in [2.75, 3.05) is 7.11 Å². The van der Waals surface area contributed by atoms with Gasteiger partial charge in [0.25, 0.3) is 0 Å². The summed E-state index contributed by atoms with van der Waals surface area (Å²) in [6, 6.07) is 5.26. The average Bonchev–Trinajstić information content (AvgIpc) is 3.37. The molecule has 2 aromatic heterocycles. The summed E-state index contributed by atoms with van der Waals surface area (Å²) in [5.41, 5.74) is -4.53. The second-order valence-corrected chi connectivity index (χ2v) is 7.17. The van der Waals surface area contributed by atoms with Gasteiger partial charge in [-0.25, -0.2) is 22.6 Å². The molecule has 2 heterocycles. The largest absolute Gasteiger partial charge is 0.465 e. The zero-order valence-corrected chi connectivity index (χ0v) is 17.5. The van der Waals surface area contributed by atoms with Crippen LogP contribution in [0, 0.1) is 17.5 Å². The Morgan fingerprint density at radius 3 is 2.38 bits per heavy atom. The van der Waals surface area contributed by atoms with Gasteiger partial charge in [0.05, 0.1) is 35.1 Å². The number of nitrogens with zero attached hydrogens (tertiary/aromatic N) is 3. The fraction of sp³-hybridized carbons (Fsp3) is 0.0952. The number of esters is 1.